The van der Waals surface area contributed by atoms with Crippen LogP contribution in [0.2, 0.25) is 0 Å². The number of aromatic nitrogens is 2. The smallest absolute Gasteiger partial charge is 0.160 e. The molecule has 10 aromatic rings. The summed E-state index contributed by atoms with van der Waals surface area (Å²) in [4.78, 5) is 10.6. The highest BCUT2D eigenvalue weighted by atomic mass is 14.9. The van der Waals surface area contributed by atoms with Gasteiger partial charge in [-0.15, -0.1) is 0 Å². The number of benzene rings is 9. The molecular weight excluding hydrogens is 701 g/mol. The summed E-state index contributed by atoms with van der Waals surface area (Å²) in [5.74, 6) is 0.728. The number of hydrogen-bond donors (Lipinski definition) is 0. The molecule has 9 aromatic carbocycles. The lowest BCUT2D eigenvalue weighted by molar-refractivity contribution is 0.636. The molecule has 58 heavy (non-hydrogen) atoms. The van der Waals surface area contributed by atoms with E-state index in [4.69, 9.17) is 9.97 Å². The molecule has 3 aliphatic carbocycles. The molecular formula is C56H34N2. The number of hydrogen-bond acceptors (Lipinski definition) is 2. The van der Waals surface area contributed by atoms with Gasteiger partial charge < -0.3 is 0 Å². The van der Waals surface area contributed by atoms with Crippen LogP contribution in [0.4, 0.5) is 0 Å². The van der Waals surface area contributed by atoms with Crippen molar-refractivity contribution in [2.75, 3.05) is 0 Å². The molecule has 1 heterocycles. The van der Waals surface area contributed by atoms with Gasteiger partial charge in [0.1, 0.15) is 0 Å². The Kier molecular flexibility index (Phi) is 6.33. The molecule has 0 saturated carbocycles. The number of fused-ring (bicyclic) bond motifs is 14. The van der Waals surface area contributed by atoms with E-state index < -0.39 is 10.8 Å². The normalized spacial score (nSPS) is 17.8. The van der Waals surface area contributed by atoms with Crippen LogP contribution in [0, 0.1) is 0 Å². The van der Waals surface area contributed by atoms with Gasteiger partial charge in [-0.3, -0.25) is 0 Å². The van der Waals surface area contributed by atoms with Crippen LogP contribution in [-0.4, -0.2) is 9.97 Å². The van der Waals surface area contributed by atoms with Crippen molar-refractivity contribution in [2.24, 2.45) is 0 Å². The molecule has 268 valence electrons. The van der Waals surface area contributed by atoms with E-state index in [9.17, 15) is 0 Å². The van der Waals surface area contributed by atoms with E-state index in [2.05, 4.69) is 206 Å². The van der Waals surface area contributed by atoms with Crippen LogP contribution in [0.1, 0.15) is 44.5 Å². The van der Waals surface area contributed by atoms with Crippen LogP contribution in [0.25, 0.3) is 66.6 Å². The maximum atomic E-state index is 5.39. The van der Waals surface area contributed by atoms with Crippen LogP contribution in [-0.2, 0) is 10.8 Å². The fraction of sp³-hybridized carbons (Fsp3) is 0.0357. The molecule has 2 nitrogen and oxygen atoms in total. The summed E-state index contributed by atoms with van der Waals surface area (Å²) in [6.45, 7) is 0. The maximum absolute atomic E-state index is 5.39. The number of rotatable bonds is 3. The SMILES string of the molecule is c1ccc(C23c4ccccc4-c4cccc(c42)C2(c4ccccc4-c4cc(-c5nc(-c6ccc7ccccc7c6)c6ccccc6n5)ccc42)c2ccccc23)cc1. The van der Waals surface area contributed by atoms with E-state index in [1.807, 2.05) is 0 Å². The van der Waals surface area contributed by atoms with Crippen LogP contribution >= 0.6 is 0 Å². The third kappa shape index (κ3) is 3.92. The first-order valence-electron chi connectivity index (χ1n) is 20.2. The van der Waals surface area contributed by atoms with Crippen molar-refractivity contribution in [1.82, 2.24) is 9.97 Å². The molecule has 3 aliphatic rings. The summed E-state index contributed by atoms with van der Waals surface area (Å²) in [5, 5.41) is 3.46. The zero-order valence-electron chi connectivity index (χ0n) is 31.5. The van der Waals surface area contributed by atoms with E-state index in [1.165, 1.54) is 77.5 Å². The Morgan fingerprint density at radius 3 is 1.74 bits per heavy atom. The minimum absolute atomic E-state index is 0.457. The summed E-state index contributed by atoms with van der Waals surface area (Å²) >= 11 is 0. The van der Waals surface area contributed by atoms with Gasteiger partial charge in [0.25, 0.3) is 0 Å². The van der Waals surface area contributed by atoms with E-state index in [-0.39, 0.29) is 0 Å². The minimum Gasteiger partial charge on any atom is -0.228 e. The van der Waals surface area contributed by atoms with Crippen LogP contribution in [0.15, 0.2) is 206 Å². The van der Waals surface area contributed by atoms with Crippen LogP contribution < -0.4 is 0 Å². The van der Waals surface area contributed by atoms with Crippen molar-refractivity contribution < 1.29 is 0 Å². The predicted molar refractivity (Wildman–Crippen MR) is 236 cm³/mol. The predicted octanol–water partition coefficient (Wildman–Crippen LogP) is 13.2. The summed E-state index contributed by atoms with van der Waals surface area (Å²) in [7, 11) is 0. The Morgan fingerprint density at radius 1 is 0.328 bits per heavy atom. The highest BCUT2D eigenvalue weighted by Crippen LogP contribution is 2.68. The topological polar surface area (TPSA) is 25.8 Å². The van der Waals surface area contributed by atoms with E-state index in [1.54, 1.807) is 0 Å². The van der Waals surface area contributed by atoms with Gasteiger partial charge in [-0.25, -0.2) is 9.97 Å². The standard InChI is InChI=1S/C56H34N2/c1-2-17-39(18-3-1)55-45-23-9-6-19-40(45)42-22-14-27-50(52(42)55)56(49-26-12-11-25-48(49)55)46-24-10-7-20-41(46)44-34-38(31-32-47(44)56)54-57-51-28-13-8-21-43(51)53(58-54)37-30-29-35-15-4-5-16-36(35)33-37/h1-34H. The Labute approximate surface area is 336 Å². The molecule has 13 rings (SSSR count). The Balaban J connectivity index is 1.09. The molecule has 0 radical (unpaired) electrons. The Hall–Kier alpha value is -7.42. The monoisotopic (exact) mass is 734 g/mol. The van der Waals surface area contributed by atoms with Gasteiger partial charge in [0.05, 0.1) is 22.0 Å². The second kappa shape index (κ2) is 11.6. The molecule has 0 aliphatic heterocycles. The molecule has 0 amide bonds. The zero-order valence-corrected chi connectivity index (χ0v) is 31.5. The minimum atomic E-state index is -0.535. The van der Waals surface area contributed by atoms with Crippen molar-refractivity contribution in [3.63, 3.8) is 0 Å². The van der Waals surface area contributed by atoms with Crippen LogP contribution in [0.3, 0.4) is 0 Å². The van der Waals surface area contributed by atoms with Gasteiger partial charge in [-0.05, 0) is 95.7 Å². The summed E-state index contributed by atoms with van der Waals surface area (Å²) < 4.78 is 0. The average Bonchev–Trinajstić information content (AvgIpc) is 3.77. The molecule has 2 unspecified atom stereocenters. The maximum Gasteiger partial charge on any atom is 0.160 e. The van der Waals surface area contributed by atoms with Gasteiger partial charge >= 0.3 is 0 Å². The molecule has 2 heteroatoms. The second-order valence-corrected chi connectivity index (χ2v) is 16.0. The molecule has 1 aromatic heterocycles. The highest BCUT2D eigenvalue weighted by Gasteiger charge is 2.59. The second-order valence-electron chi connectivity index (χ2n) is 16.0. The molecule has 0 fully saturated rings. The summed E-state index contributed by atoms with van der Waals surface area (Å²) in [6, 6.07) is 76.2. The van der Waals surface area contributed by atoms with Crippen molar-refractivity contribution >= 4 is 21.7 Å². The first-order chi connectivity index (χ1) is 28.8. The summed E-state index contributed by atoms with van der Waals surface area (Å²) in [6.07, 6.45) is 0. The van der Waals surface area contributed by atoms with Gasteiger partial charge in [0.15, 0.2) is 5.82 Å². The van der Waals surface area contributed by atoms with Crippen molar-refractivity contribution in [1.29, 1.82) is 0 Å². The quantitative estimate of drug-likeness (QED) is 0.181. The van der Waals surface area contributed by atoms with Gasteiger partial charge in [-0.2, -0.15) is 0 Å². The lowest BCUT2D eigenvalue weighted by Crippen LogP contribution is -2.43. The van der Waals surface area contributed by atoms with Crippen molar-refractivity contribution in [3.8, 4) is 44.9 Å². The lowest BCUT2D eigenvalue weighted by atomic mass is 9.52. The molecule has 1 spiro atoms. The zero-order chi connectivity index (χ0) is 38.0. The third-order valence-electron chi connectivity index (χ3n) is 13.3. The van der Waals surface area contributed by atoms with E-state index in [0.717, 1.165) is 33.5 Å². The fourth-order valence-corrected chi connectivity index (χ4v) is 11.1. The van der Waals surface area contributed by atoms with Crippen LogP contribution in [0.5, 0.6) is 0 Å². The average molecular weight is 735 g/mol. The third-order valence-corrected chi connectivity index (χ3v) is 13.3. The number of para-hydroxylation sites is 1. The molecule has 0 N–H and O–H groups in total. The Bertz CT molecular complexity index is 3360. The van der Waals surface area contributed by atoms with Gasteiger partial charge in [0.2, 0.25) is 0 Å². The van der Waals surface area contributed by atoms with Gasteiger partial charge in [0, 0.05) is 16.5 Å². The number of nitrogens with zero attached hydrogens (tertiary/aromatic N) is 2. The molecule has 2 atom stereocenters. The van der Waals surface area contributed by atoms with Crippen molar-refractivity contribution in [3.05, 3.63) is 251 Å². The van der Waals surface area contributed by atoms with E-state index >= 15 is 0 Å². The van der Waals surface area contributed by atoms with E-state index in [0.29, 0.717) is 0 Å². The molecule has 0 bridgehead atoms. The Morgan fingerprint density at radius 2 is 0.914 bits per heavy atom. The first kappa shape index (κ1) is 31.7. The largest absolute Gasteiger partial charge is 0.228 e. The highest BCUT2D eigenvalue weighted by molar-refractivity contribution is 5.99. The molecule has 0 saturated heterocycles. The first-order valence-corrected chi connectivity index (χ1v) is 20.2. The van der Waals surface area contributed by atoms with Gasteiger partial charge in [-0.1, -0.05) is 188 Å². The summed E-state index contributed by atoms with van der Waals surface area (Å²) in [5.41, 5.74) is 18.8. The fourth-order valence-electron chi connectivity index (χ4n) is 11.1. The lowest BCUT2D eigenvalue weighted by Gasteiger charge is -2.48. The van der Waals surface area contributed by atoms with Crippen molar-refractivity contribution in [2.45, 2.75) is 10.8 Å².